The van der Waals surface area contributed by atoms with Crippen LogP contribution in [0.1, 0.15) is 19.3 Å². The number of allylic oxidation sites excluding steroid dienone is 6. The summed E-state index contributed by atoms with van der Waals surface area (Å²) in [5, 5.41) is 9.50. The number of rotatable bonds is 1. The van der Waals surface area contributed by atoms with Crippen LogP contribution in [0.4, 0.5) is 0 Å². The molecule has 0 saturated carbocycles. The van der Waals surface area contributed by atoms with Gasteiger partial charge >= 0.3 is 0 Å². The molecule has 0 amide bonds. The minimum Gasteiger partial charge on any atom is -0.306 e. The van der Waals surface area contributed by atoms with Crippen LogP contribution in [0.25, 0.3) is 0 Å². The summed E-state index contributed by atoms with van der Waals surface area (Å²) in [5.41, 5.74) is 0.939. The number of nitriles is 1. The van der Waals surface area contributed by atoms with Crippen molar-refractivity contribution in [3.05, 3.63) is 36.0 Å². The van der Waals surface area contributed by atoms with Crippen molar-refractivity contribution in [1.82, 2.24) is 4.90 Å². The summed E-state index contributed by atoms with van der Waals surface area (Å²) in [4.78, 5) is 2.30. The number of hydrogen-bond donors (Lipinski definition) is 0. The SMILES string of the molecule is CN1CCC(C#N)(C2=CC=CCC=C2)CC1. The first-order valence-corrected chi connectivity index (χ1v) is 5.90. The second kappa shape index (κ2) is 4.67. The predicted molar refractivity (Wildman–Crippen MR) is 65.8 cm³/mol. The van der Waals surface area contributed by atoms with E-state index in [1.54, 1.807) is 0 Å². The van der Waals surface area contributed by atoms with E-state index in [9.17, 15) is 5.26 Å². The van der Waals surface area contributed by atoms with Gasteiger partial charge in [-0.1, -0.05) is 30.4 Å². The molecule has 84 valence electrons. The average Bonchev–Trinajstić information content (AvgIpc) is 2.60. The molecule has 2 heteroatoms. The lowest BCUT2D eigenvalue weighted by atomic mass is 9.73. The second-order valence-electron chi connectivity index (χ2n) is 4.69. The van der Waals surface area contributed by atoms with Crippen LogP contribution in [0.15, 0.2) is 36.0 Å². The van der Waals surface area contributed by atoms with E-state index >= 15 is 0 Å². The third kappa shape index (κ3) is 2.10. The second-order valence-corrected chi connectivity index (χ2v) is 4.69. The van der Waals surface area contributed by atoms with Gasteiger partial charge in [0.15, 0.2) is 0 Å². The molecule has 0 aromatic heterocycles. The van der Waals surface area contributed by atoms with Gasteiger partial charge in [-0.15, -0.1) is 0 Å². The van der Waals surface area contributed by atoms with E-state index in [0.29, 0.717) is 0 Å². The molecule has 0 N–H and O–H groups in total. The molecule has 0 aromatic rings. The Morgan fingerprint density at radius 3 is 2.75 bits per heavy atom. The number of hydrogen-bond acceptors (Lipinski definition) is 2. The van der Waals surface area contributed by atoms with E-state index in [1.807, 2.05) is 0 Å². The van der Waals surface area contributed by atoms with Gasteiger partial charge in [-0.05, 0) is 45.0 Å². The zero-order valence-electron chi connectivity index (χ0n) is 9.82. The molecule has 0 bridgehead atoms. The lowest BCUT2D eigenvalue weighted by Gasteiger charge is -2.36. The Morgan fingerprint density at radius 1 is 1.31 bits per heavy atom. The highest BCUT2D eigenvalue weighted by atomic mass is 15.1. The molecule has 1 saturated heterocycles. The molecule has 0 unspecified atom stereocenters. The molecule has 16 heavy (non-hydrogen) atoms. The molecular formula is C14H18N2. The van der Waals surface area contributed by atoms with Gasteiger partial charge < -0.3 is 4.90 Å². The third-order valence-corrected chi connectivity index (χ3v) is 3.59. The van der Waals surface area contributed by atoms with Gasteiger partial charge in [0.2, 0.25) is 0 Å². The fourth-order valence-electron chi connectivity index (χ4n) is 2.36. The maximum Gasteiger partial charge on any atom is 0.0846 e. The molecule has 2 rings (SSSR count). The summed E-state index contributed by atoms with van der Waals surface area (Å²) in [6.07, 6.45) is 13.5. The quantitative estimate of drug-likeness (QED) is 0.671. The van der Waals surface area contributed by atoms with Gasteiger partial charge in [0.1, 0.15) is 0 Å². The minimum absolute atomic E-state index is 0.252. The fraction of sp³-hybridized carbons (Fsp3) is 0.500. The molecule has 0 radical (unpaired) electrons. The van der Waals surface area contributed by atoms with E-state index < -0.39 is 0 Å². The zero-order chi connectivity index (χ0) is 11.4. The standard InChI is InChI=1S/C14H18N2/c1-16-10-8-14(12-15,9-11-16)13-6-4-2-3-5-7-13/h2,4-7H,3,8-11H2,1H3. The topological polar surface area (TPSA) is 27.0 Å². The lowest BCUT2D eigenvalue weighted by molar-refractivity contribution is 0.200. The highest BCUT2D eigenvalue weighted by Crippen LogP contribution is 2.39. The first kappa shape index (κ1) is 11.2. The molecule has 1 fully saturated rings. The number of likely N-dealkylation sites (tertiary alicyclic amines) is 1. The molecule has 1 aliphatic carbocycles. The van der Waals surface area contributed by atoms with Gasteiger partial charge in [-0.25, -0.2) is 0 Å². The van der Waals surface area contributed by atoms with Crippen molar-refractivity contribution in [1.29, 1.82) is 5.26 Å². The largest absolute Gasteiger partial charge is 0.306 e. The maximum atomic E-state index is 9.50. The van der Waals surface area contributed by atoms with Crippen molar-refractivity contribution in [2.45, 2.75) is 19.3 Å². The van der Waals surface area contributed by atoms with Gasteiger partial charge in [0.25, 0.3) is 0 Å². The Hall–Kier alpha value is -1.33. The van der Waals surface area contributed by atoms with Crippen LogP contribution < -0.4 is 0 Å². The van der Waals surface area contributed by atoms with E-state index in [-0.39, 0.29) is 5.41 Å². The maximum absolute atomic E-state index is 9.50. The van der Waals surface area contributed by atoms with Crippen LogP contribution in [0.5, 0.6) is 0 Å². The average molecular weight is 214 g/mol. The molecule has 2 aliphatic rings. The summed E-state index contributed by atoms with van der Waals surface area (Å²) in [6, 6.07) is 2.56. The van der Waals surface area contributed by atoms with Crippen molar-refractivity contribution >= 4 is 0 Å². The molecule has 1 aliphatic heterocycles. The van der Waals surface area contributed by atoms with Crippen LogP contribution in [-0.2, 0) is 0 Å². The predicted octanol–water partition coefficient (Wildman–Crippen LogP) is 2.66. The summed E-state index contributed by atoms with van der Waals surface area (Å²) in [7, 11) is 2.12. The van der Waals surface area contributed by atoms with Gasteiger partial charge in [0, 0.05) is 0 Å². The molecule has 2 nitrogen and oxygen atoms in total. The van der Waals surface area contributed by atoms with Crippen molar-refractivity contribution in [2.75, 3.05) is 20.1 Å². The number of nitrogens with zero attached hydrogens (tertiary/aromatic N) is 2. The normalized spacial score (nSPS) is 24.6. The highest BCUT2D eigenvalue weighted by Gasteiger charge is 2.36. The van der Waals surface area contributed by atoms with Crippen LogP contribution in [0.3, 0.4) is 0 Å². The van der Waals surface area contributed by atoms with Gasteiger partial charge in [-0.3, -0.25) is 0 Å². The first-order chi connectivity index (χ1) is 7.77. The van der Waals surface area contributed by atoms with Gasteiger partial charge in [0.05, 0.1) is 11.5 Å². The van der Waals surface area contributed by atoms with E-state index in [1.165, 1.54) is 5.57 Å². The summed E-state index contributed by atoms with van der Waals surface area (Å²) < 4.78 is 0. The molecular weight excluding hydrogens is 196 g/mol. The number of piperidine rings is 1. The zero-order valence-corrected chi connectivity index (χ0v) is 9.82. The Balaban J connectivity index is 2.25. The van der Waals surface area contributed by atoms with Crippen LogP contribution in [0, 0.1) is 16.7 Å². The lowest BCUT2D eigenvalue weighted by Crippen LogP contribution is -2.38. The smallest absolute Gasteiger partial charge is 0.0846 e. The molecule has 0 atom stereocenters. The van der Waals surface area contributed by atoms with Crippen LogP contribution in [0.2, 0.25) is 0 Å². The summed E-state index contributed by atoms with van der Waals surface area (Å²) in [6.45, 7) is 2.03. The van der Waals surface area contributed by atoms with Crippen LogP contribution in [-0.4, -0.2) is 25.0 Å². The van der Waals surface area contributed by atoms with Crippen molar-refractivity contribution in [3.63, 3.8) is 0 Å². The highest BCUT2D eigenvalue weighted by molar-refractivity contribution is 5.38. The summed E-state index contributed by atoms with van der Waals surface area (Å²) >= 11 is 0. The third-order valence-electron chi connectivity index (χ3n) is 3.59. The fourth-order valence-corrected chi connectivity index (χ4v) is 2.36. The van der Waals surface area contributed by atoms with Gasteiger partial charge in [-0.2, -0.15) is 5.26 Å². The molecule has 0 aromatic carbocycles. The summed E-state index contributed by atoms with van der Waals surface area (Å²) in [5.74, 6) is 0. The molecule has 1 heterocycles. The van der Waals surface area contributed by atoms with E-state index in [0.717, 1.165) is 32.4 Å². The van der Waals surface area contributed by atoms with Crippen molar-refractivity contribution in [3.8, 4) is 6.07 Å². The Kier molecular flexibility index (Phi) is 3.26. The Morgan fingerprint density at radius 2 is 2.06 bits per heavy atom. The van der Waals surface area contributed by atoms with E-state index in [2.05, 4.69) is 48.4 Å². The first-order valence-electron chi connectivity index (χ1n) is 5.90. The van der Waals surface area contributed by atoms with Crippen molar-refractivity contribution < 1.29 is 0 Å². The Bertz CT molecular complexity index is 374. The van der Waals surface area contributed by atoms with Crippen LogP contribution >= 0.6 is 0 Å². The molecule has 0 spiro atoms. The minimum atomic E-state index is -0.252. The van der Waals surface area contributed by atoms with E-state index in [4.69, 9.17) is 0 Å². The van der Waals surface area contributed by atoms with Crippen molar-refractivity contribution in [2.24, 2.45) is 5.41 Å². The monoisotopic (exact) mass is 214 g/mol. The Labute approximate surface area is 97.6 Å².